The van der Waals surface area contributed by atoms with Crippen molar-refractivity contribution < 1.29 is 28.3 Å². The molecule has 9 heteroatoms. The van der Waals surface area contributed by atoms with Gasteiger partial charge in [0, 0.05) is 5.56 Å². The molecule has 0 radical (unpaired) electrons. The molecule has 28 heavy (non-hydrogen) atoms. The first kappa shape index (κ1) is 19.4. The van der Waals surface area contributed by atoms with E-state index in [4.69, 9.17) is 30.7 Å². The topological polar surface area (TPSA) is 94.7 Å². The van der Waals surface area contributed by atoms with E-state index in [1.165, 1.54) is 31.4 Å². The van der Waals surface area contributed by atoms with Gasteiger partial charge in [0.05, 0.1) is 7.11 Å². The van der Waals surface area contributed by atoms with Crippen molar-refractivity contribution in [2.24, 2.45) is 0 Å². The molecule has 0 aliphatic rings. The molecule has 0 bridgehead atoms. The average molecular weight is 405 g/mol. The first-order chi connectivity index (χ1) is 13.5. The number of hydrogen-bond donors (Lipinski definition) is 1. The molecule has 0 amide bonds. The number of methoxy groups -OCH3 is 1. The Hall–Kier alpha value is -3.39. The first-order valence-corrected chi connectivity index (χ1v) is 8.34. The second kappa shape index (κ2) is 8.53. The van der Waals surface area contributed by atoms with Gasteiger partial charge in [-0.25, -0.2) is 9.18 Å². The van der Waals surface area contributed by atoms with Crippen molar-refractivity contribution in [3.63, 3.8) is 0 Å². The zero-order valence-electron chi connectivity index (χ0n) is 14.6. The maximum absolute atomic E-state index is 13.0. The highest BCUT2D eigenvalue weighted by atomic mass is 35.5. The number of ether oxygens (including phenoxy) is 2. The fraction of sp³-hybridized carbons (Fsp3) is 0.105. The van der Waals surface area contributed by atoms with E-state index in [-0.39, 0.29) is 28.3 Å². The largest absolute Gasteiger partial charge is 0.493 e. The molecule has 144 valence electrons. The van der Waals surface area contributed by atoms with Gasteiger partial charge in [-0.15, -0.1) is 0 Å². The van der Waals surface area contributed by atoms with E-state index >= 15 is 0 Å². The van der Waals surface area contributed by atoms with Crippen LogP contribution in [0.2, 0.25) is 0 Å². The summed E-state index contributed by atoms with van der Waals surface area (Å²) in [4.78, 5) is 14.8. The highest BCUT2D eigenvalue weighted by Crippen LogP contribution is 2.31. The molecule has 1 aromatic heterocycles. The number of nitrogens with zero attached hydrogens (tertiary/aromatic N) is 2. The van der Waals surface area contributed by atoms with Gasteiger partial charge >= 0.3 is 5.97 Å². The predicted molar refractivity (Wildman–Crippen MR) is 99.5 cm³/mol. The number of hydrogen-bond acceptors (Lipinski definition) is 6. The fourth-order valence-corrected chi connectivity index (χ4v) is 2.48. The number of benzene rings is 2. The lowest BCUT2D eigenvalue weighted by atomic mass is 10.2. The third kappa shape index (κ3) is 4.66. The van der Waals surface area contributed by atoms with Crippen LogP contribution in [0.25, 0.3) is 22.5 Å². The summed E-state index contributed by atoms with van der Waals surface area (Å²) in [5, 5.41) is 12.7. The van der Waals surface area contributed by atoms with Gasteiger partial charge in [0.2, 0.25) is 5.82 Å². The summed E-state index contributed by atoms with van der Waals surface area (Å²) in [5.74, 6) is -0.466. The molecule has 7 nitrogen and oxygen atoms in total. The molecular weight excluding hydrogens is 391 g/mol. The van der Waals surface area contributed by atoms with Crippen LogP contribution in [0.5, 0.6) is 11.5 Å². The lowest BCUT2D eigenvalue weighted by molar-refractivity contribution is -0.139. The normalized spacial score (nSPS) is 11.3. The highest BCUT2D eigenvalue weighted by Gasteiger charge is 2.13. The summed E-state index contributed by atoms with van der Waals surface area (Å²) in [7, 11) is 1.44. The summed E-state index contributed by atoms with van der Waals surface area (Å²) in [6.07, 6.45) is 1.58. The maximum atomic E-state index is 13.0. The number of carboxylic acids is 1. The van der Waals surface area contributed by atoms with Gasteiger partial charge in [0.1, 0.15) is 10.8 Å². The Bertz CT molecular complexity index is 1020. The van der Waals surface area contributed by atoms with Gasteiger partial charge in [-0.3, -0.25) is 0 Å². The molecule has 0 aliphatic carbocycles. The van der Waals surface area contributed by atoms with E-state index in [1.54, 1.807) is 24.3 Å². The van der Waals surface area contributed by atoms with Crippen LogP contribution < -0.4 is 9.47 Å². The fourth-order valence-electron chi connectivity index (χ4n) is 2.28. The molecule has 3 aromatic rings. The minimum Gasteiger partial charge on any atom is -0.493 e. The Labute approximate surface area is 164 Å². The van der Waals surface area contributed by atoms with Gasteiger partial charge < -0.3 is 19.1 Å². The van der Waals surface area contributed by atoms with Crippen LogP contribution >= 0.6 is 11.6 Å². The van der Waals surface area contributed by atoms with Crippen molar-refractivity contribution in [3.05, 3.63) is 59.7 Å². The lowest BCUT2D eigenvalue weighted by Crippen LogP contribution is -2.10. The Morgan fingerprint density at radius 1 is 1.25 bits per heavy atom. The third-order valence-electron chi connectivity index (χ3n) is 3.56. The van der Waals surface area contributed by atoms with Crippen LogP contribution in [0.15, 0.2) is 47.0 Å². The summed E-state index contributed by atoms with van der Waals surface area (Å²) >= 11 is 6.26. The standard InChI is InChI=1S/C19H14ClFN2O5/c1-26-16-9-11(2-7-15(16)27-10-17(24)25)8-14(20)19-22-18(23-28-19)12-3-5-13(21)6-4-12/h2-9H,10H2,1H3,(H,24,25)/b14-8-. The van der Waals surface area contributed by atoms with Gasteiger partial charge in [-0.1, -0.05) is 22.8 Å². The van der Waals surface area contributed by atoms with Gasteiger partial charge in [0.15, 0.2) is 18.1 Å². The minimum atomic E-state index is -1.09. The van der Waals surface area contributed by atoms with E-state index in [0.717, 1.165) is 0 Å². The zero-order chi connectivity index (χ0) is 20.1. The third-order valence-corrected chi connectivity index (χ3v) is 3.84. The average Bonchev–Trinajstić information content (AvgIpc) is 3.17. The second-order valence-corrected chi connectivity index (χ2v) is 5.92. The van der Waals surface area contributed by atoms with Crippen LogP contribution in [0, 0.1) is 5.82 Å². The lowest BCUT2D eigenvalue weighted by Gasteiger charge is -2.09. The molecule has 0 unspecified atom stereocenters. The van der Waals surface area contributed by atoms with E-state index in [1.807, 2.05) is 0 Å². The van der Waals surface area contributed by atoms with Crippen molar-refractivity contribution in [1.82, 2.24) is 10.1 Å². The van der Waals surface area contributed by atoms with Crippen LogP contribution in [0.1, 0.15) is 11.5 Å². The van der Waals surface area contributed by atoms with E-state index < -0.39 is 12.6 Å². The van der Waals surface area contributed by atoms with Crippen molar-refractivity contribution in [2.75, 3.05) is 13.7 Å². The summed E-state index contributed by atoms with van der Waals surface area (Å²) in [5.41, 5.74) is 1.23. The minimum absolute atomic E-state index is 0.0890. The number of carboxylic acid groups (broad SMARTS) is 1. The molecule has 1 heterocycles. The summed E-state index contributed by atoms with van der Waals surface area (Å²) in [6, 6.07) is 10.5. The molecular formula is C19H14ClFN2O5. The van der Waals surface area contributed by atoms with E-state index in [2.05, 4.69) is 10.1 Å². The second-order valence-electron chi connectivity index (χ2n) is 5.52. The van der Waals surface area contributed by atoms with Gasteiger partial charge in [-0.2, -0.15) is 4.98 Å². The molecule has 0 fully saturated rings. The molecule has 0 spiro atoms. The zero-order valence-corrected chi connectivity index (χ0v) is 15.3. The van der Waals surface area contributed by atoms with Gasteiger partial charge in [0.25, 0.3) is 5.89 Å². The van der Waals surface area contributed by atoms with Crippen molar-refractivity contribution >= 4 is 28.7 Å². The SMILES string of the molecule is COc1cc(/C=C(\Cl)c2nc(-c3ccc(F)cc3)no2)ccc1OCC(=O)O. The van der Waals surface area contributed by atoms with Crippen molar-refractivity contribution in [3.8, 4) is 22.9 Å². The monoisotopic (exact) mass is 404 g/mol. The van der Waals surface area contributed by atoms with Crippen molar-refractivity contribution in [1.29, 1.82) is 0 Å². The van der Waals surface area contributed by atoms with Crippen LogP contribution in [-0.2, 0) is 4.79 Å². The number of halogens is 2. The summed E-state index contributed by atoms with van der Waals surface area (Å²) < 4.78 is 28.5. The Morgan fingerprint density at radius 3 is 2.68 bits per heavy atom. The summed E-state index contributed by atoms with van der Waals surface area (Å²) in [6.45, 7) is -0.486. The molecule has 2 aromatic carbocycles. The number of aromatic nitrogens is 2. The first-order valence-electron chi connectivity index (χ1n) is 7.96. The Morgan fingerprint density at radius 2 is 2.00 bits per heavy atom. The molecule has 0 saturated carbocycles. The van der Waals surface area contributed by atoms with Crippen molar-refractivity contribution in [2.45, 2.75) is 0 Å². The number of carbonyl (C=O) groups is 1. The Kier molecular flexibility index (Phi) is 5.90. The molecule has 0 atom stereocenters. The van der Waals surface area contributed by atoms with Gasteiger partial charge in [-0.05, 0) is 48.0 Å². The maximum Gasteiger partial charge on any atom is 0.341 e. The number of aliphatic carboxylic acids is 1. The quantitative estimate of drug-likeness (QED) is 0.633. The van der Waals surface area contributed by atoms with E-state index in [0.29, 0.717) is 16.9 Å². The molecule has 3 rings (SSSR count). The van der Waals surface area contributed by atoms with Crippen LogP contribution in [0.3, 0.4) is 0 Å². The van der Waals surface area contributed by atoms with E-state index in [9.17, 15) is 9.18 Å². The molecule has 1 N–H and O–H groups in total. The smallest absolute Gasteiger partial charge is 0.341 e. The Balaban J connectivity index is 1.81. The van der Waals surface area contributed by atoms with Crippen LogP contribution in [-0.4, -0.2) is 34.9 Å². The predicted octanol–water partition coefficient (Wildman–Crippen LogP) is 4.08. The molecule has 0 saturated heterocycles. The highest BCUT2D eigenvalue weighted by molar-refractivity contribution is 6.50. The number of rotatable bonds is 7. The van der Waals surface area contributed by atoms with Crippen LogP contribution in [0.4, 0.5) is 4.39 Å². The molecule has 0 aliphatic heterocycles.